The van der Waals surface area contributed by atoms with Crippen molar-refractivity contribution in [1.82, 2.24) is 10.2 Å². The Morgan fingerprint density at radius 2 is 2.06 bits per heavy atom. The van der Waals surface area contributed by atoms with Crippen LogP contribution in [0.3, 0.4) is 0 Å². The van der Waals surface area contributed by atoms with Crippen LogP contribution in [0.5, 0.6) is 0 Å². The summed E-state index contributed by atoms with van der Waals surface area (Å²) in [4.78, 5) is 28.7. The van der Waals surface area contributed by atoms with E-state index in [0.29, 0.717) is 12.3 Å². The average molecular weight is 251 g/mol. The van der Waals surface area contributed by atoms with Gasteiger partial charge in [-0.2, -0.15) is 0 Å². The zero-order valence-electron chi connectivity index (χ0n) is 11.5. The van der Waals surface area contributed by atoms with Gasteiger partial charge in [0.2, 0.25) is 11.8 Å². The molecular weight excluding hydrogens is 230 g/mol. The Bertz CT molecular complexity index is 395. The van der Waals surface area contributed by atoms with Crippen LogP contribution in [0.15, 0.2) is 16.8 Å². The number of carbonyl (C=O) groups is 2. The van der Waals surface area contributed by atoms with E-state index in [1.807, 2.05) is 13.8 Å². The van der Waals surface area contributed by atoms with Crippen molar-refractivity contribution in [3.8, 4) is 0 Å². The molecule has 0 unspecified atom stereocenters. The van der Waals surface area contributed by atoms with Crippen molar-refractivity contribution in [2.45, 2.75) is 33.1 Å². The molecule has 1 aliphatic carbocycles. The molecule has 0 atom stereocenters. The third-order valence-electron chi connectivity index (χ3n) is 2.99. The highest BCUT2D eigenvalue weighted by Gasteiger charge is 2.29. The maximum absolute atomic E-state index is 11.6. The van der Waals surface area contributed by atoms with Crippen molar-refractivity contribution in [3.63, 3.8) is 0 Å². The molecule has 1 N–H and O–H groups in total. The predicted octanol–water partition coefficient (Wildman–Crippen LogP) is 1.31. The normalized spacial score (nSPS) is 16.4. The second kappa shape index (κ2) is 6.33. The van der Waals surface area contributed by atoms with Gasteiger partial charge in [-0.15, -0.1) is 0 Å². The van der Waals surface area contributed by atoms with Crippen molar-refractivity contribution < 1.29 is 9.59 Å². The van der Waals surface area contributed by atoms with Crippen molar-refractivity contribution in [2.24, 2.45) is 10.9 Å². The average Bonchev–Trinajstić information content (AvgIpc) is 3.19. The number of rotatable bonds is 4. The Labute approximate surface area is 108 Å². The van der Waals surface area contributed by atoms with E-state index >= 15 is 0 Å². The standard InChI is InChI=1S/C13H21N3O2/c1-5-12(17)16(4)9(2)8-11(14-3)15-13(18)10-6-7-10/h8,10H,5-7H2,1-4H3,(H,14,15,18)/b9-8+. The van der Waals surface area contributed by atoms with Gasteiger partial charge in [0.1, 0.15) is 5.84 Å². The van der Waals surface area contributed by atoms with E-state index in [2.05, 4.69) is 10.3 Å². The largest absolute Gasteiger partial charge is 0.319 e. The summed E-state index contributed by atoms with van der Waals surface area (Å²) in [5.41, 5.74) is 0.763. The van der Waals surface area contributed by atoms with Gasteiger partial charge in [-0.25, -0.2) is 0 Å². The molecule has 5 heteroatoms. The third kappa shape index (κ3) is 3.98. The van der Waals surface area contributed by atoms with E-state index in [9.17, 15) is 9.59 Å². The highest BCUT2D eigenvalue weighted by atomic mass is 16.2. The fraction of sp³-hybridized carbons (Fsp3) is 0.615. The van der Waals surface area contributed by atoms with Crippen molar-refractivity contribution >= 4 is 17.6 Å². The molecular formula is C13H21N3O2. The minimum absolute atomic E-state index is 0.0177. The van der Waals surface area contributed by atoms with Crippen LogP contribution in [0, 0.1) is 5.92 Å². The van der Waals surface area contributed by atoms with Crippen LogP contribution in [-0.4, -0.2) is 36.6 Å². The molecule has 1 aliphatic rings. The Kier molecular flexibility index (Phi) is 5.07. The van der Waals surface area contributed by atoms with Crippen LogP contribution in [0.25, 0.3) is 0 Å². The fourth-order valence-corrected chi connectivity index (χ4v) is 1.46. The quantitative estimate of drug-likeness (QED) is 0.605. The summed E-state index contributed by atoms with van der Waals surface area (Å²) in [6.07, 6.45) is 4.09. The van der Waals surface area contributed by atoms with Crippen LogP contribution >= 0.6 is 0 Å². The number of amides is 2. The molecule has 0 aromatic carbocycles. The van der Waals surface area contributed by atoms with Gasteiger partial charge < -0.3 is 10.2 Å². The van der Waals surface area contributed by atoms with Gasteiger partial charge >= 0.3 is 0 Å². The predicted molar refractivity (Wildman–Crippen MR) is 71.0 cm³/mol. The molecule has 0 heterocycles. The summed E-state index contributed by atoms with van der Waals surface area (Å²) in [7, 11) is 3.33. The van der Waals surface area contributed by atoms with E-state index < -0.39 is 0 Å². The first-order chi connectivity index (χ1) is 8.49. The SMILES string of the molecule is CCC(=O)N(C)/C(C)=C/C(=N\C)NC(=O)C1CC1. The van der Waals surface area contributed by atoms with Gasteiger partial charge in [-0.05, 0) is 25.8 Å². The molecule has 2 amide bonds. The molecule has 0 aliphatic heterocycles. The number of nitrogens with zero attached hydrogens (tertiary/aromatic N) is 2. The number of hydrogen-bond donors (Lipinski definition) is 1. The Hall–Kier alpha value is -1.65. The van der Waals surface area contributed by atoms with Crippen LogP contribution in [0.2, 0.25) is 0 Å². The van der Waals surface area contributed by atoms with Gasteiger partial charge in [-0.3, -0.25) is 14.6 Å². The summed E-state index contributed by atoms with van der Waals surface area (Å²) in [5, 5.41) is 2.77. The second-order valence-electron chi connectivity index (χ2n) is 4.46. The lowest BCUT2D eigenvalue weighted by molar-refractivity contribution is -0.127. The zero-order valence-corrected chi connectivity index (χ0v) is 11.5. The molecule has 0 radical (unpaired) electrons. The number of carbonyl (C=O) groups excluding carboxylic acids is 2. The fourth-order valence-electron chi connectivity index (χ4n) is 1.46. The molecule has 0 bridgehead atoms. The van der Waals surface area contributed by atoms with Gasteiger partial charge in [0.25, 0.3) is 0 Å². The zero-order chi connectivity index (χ0) is 13.7. The van der Waals surface area contributed by atoms with Gasteiger partial charge in [0.05, 0.1) is 0 Å². The third-order valence-corrected chi connectivity index (χ3v) is 2.99. The first-order valence-corrected chi connectivity index (χ1v) is 6.22. The van der Waals surface area contributed by atoms with E-state index in [-0.39, 0.29) is 17.7 Å². The smallest absolute Gasteiger partial charge is 0.228 e. The number of amidine groups is 1. The first kappa shape index (κ1) is 14.4. The van der Waals surface area contributed by atoms with E-state index in [1.165, 1.54) is 0 Å². The van der Waals surface area contributed by atoms with E-state index in [4.69, 9.17) is 0 Å². The Morgan fingerprint density at radius 3 is 2.50 bits per heavy atom. The first-order valence-electron chi connectivity index (χ1n) is 6.22. The van der Waals surface area contributed by atoms with E-state index in [1.54, 1.807) is 25.1 Å². The number of hydrogen-bond acceptors (Lipinski definition) is 3. The summed E-state index contributed by atoms with van der Waals surface area (Å²) in [6, 6.07) is 0. The monoisotopic (exact) mass is 251 g/mol. The Morgan fingerprint density at radius 1 is 1.44 bits per heavy atom. The highest BCUT2D eigenvalue weighted by molar-refractivity contribution is 6.05. The number of aliphatic imine (C=N–C) groups is 1. The van der Waals surface area contributed by atoms with E-state index in [0.717, 1.165) is 18.5 Å². The number of nitrogens with one attached hydrogen (secondary N) is 1. The summed E-state index contributed by atoms with van der Waals surface area (Å²) in [6.45, 7) is 3.64. The van der Waals surface area contributed by atoms with Crippen molar-refractivity contribution in [3.05, 3.63) is 11.8 Å². The van der Waals surface area contributed by atoms with Gasteiger partial charge in [0, 0.05) is 32.1 Å². The van der Waals surface area contributed by atoms with Gasteiger partial charge in [0.15, 0.2) is 0 Å². The maximum Gasteiger partial charge on any atom is 0.228 e. The molecule has 5 nitrogen and oxygen atoms in total. The van der Waals surface area contributed by atoms with Crippen LogP contribution in [0.1, 0.15) is 33.1 Å². The van der Waals surface area contributed by atoms with Crippen molar-refractivity contribution in [1.29, 1.82) is 0 Å². The van der Waals surface area contributed by atoms with Gasteiger partial charge in [-0.1, -0.05) is 6.92 Å². The molecule has 0 spiro atoms. The van der Waals surface area contributed by atoms with Crippen LogP contribution in [0.4, 0.5) is 0 Å². The Balaban J connectivity index is 2.65. The van der Waals surface area contributed by atoms with Crippen LogP contribution in [-0.2, 0) is 9.59 Å². The molecule has 18 heavy (non-hydrogen) atoms. The molecule has 1 saturated carbocycles. The second-order valence-corrected chi connectivity index (χ2v) is 4.46. The molecule has 100 valence electrons. The number of allylic oxidation sites excluding steroid dienone is 1. The lowest BCUT2D eigenvalue weighted by Crippen LogP contribution is -2.32. The molecule has 0 aromatic rings. The summed E-state index contributed by atoms with van der Waals surface area (Å²) < 4.78 is 0. The minimum Gasteiger partial charge on any atom is -0.319 e. The molecule has 0 aromatic heterocycles. The topological polar surface area (TPSA) is 61.8 Å². The van der Waals surface area contributed by atoms with Crippen LogP contribution < -0.4 is 5.32 Å². The molecule has 1 fully saturated rings. The summed E-state index contributed by atoms with van der Waals surface area (Å²) in [5.74, 6) is 0.697. The lowest BCUT2D eigenvalue weighted by Gasteiger charge is -2.17. The highest BCUT2D eigenvalue weighted by Crippen LogP contribution is 2.28. The molecule has 0 saturated heterocycles. The lowest BCUT2D eigenvalue weighted by atomic mass is 10.3. The summed E-state index contributed by atoms with van der Waals surface area (Å²) >= 11 is 0. The minimum atomic E-state index is 0.0177. The van der Waals surface area contributed by atoms with Crippen molar-refractivity contribution in [2.75, 3.05) is 14.1 Å². The molecule has 1 rings (SSSR count). The maximum atomic E-state index is 11.6.